The summed E-state index contributed by atoms with van der Waals surface area (Å²) < 4.78 is 5.01. The molecule has 0 spiro atoms. The second-order valence-electron chi connectivity index (χ2n) is 2.59. The van der Waals surface area contributed by atoms with E-state index in [1.807, 2.05) is 0 Å². The lowest BCUT2D eigenvalue weighted by atomic mass is 10.1. The summed E-state index contributed by atoms with van der Waals surface area (Å²) in [5.41, 5.74) is 0.578. The van der Waals surface area contributed by atoms with Crippen molar-refractivity contribution in [3.63, 3.8) is 0 Å². The normalized spacial score (nSPS) is 10.0. The highest BCUT2D eigenvalue weighted by Gasteiger charge is 2.13. The Labute approximate surface area is 79.0 Å². The molecule has 70 valence electrons. The van der Waals surface area contributed by atoms with Gasteiger partial charge in [-0.3, -0.25) is 4.98 Å². The fraction of sp³-hybridized carbons (Fsp3) is 0. The molecular weight excluding hydrogens is 184 g/mol. The Balaban J connectivity index is 2.58. The molecule has 0 aliphatic rings. The highest BCUT2D eigenvalue weighted by atomic mass is 16.4. The summed E-state index contributed by atoms with van der Waals surface area (Å²) in [6.07, 6.45) is 5.49. The van der Waals surface area contributed by atoms with E-state index in [2.05, 4.69) is 9.97 Å². The minimum Gasteiger partial charge on any atom is -0.478 e. The van der Waals surface area contributed by atoms with Crippen molar-refractivity contribution in [2.75, 3.05) is 0 Å². The van der Waals surface area contributed by atoms with Crippen molar-refractivity contribution in [3.05, 3.63) is 36.6 Å². The van der Waals surface area contributed by atoms with Crippen LogP contribution >= 0.6 is 0 Å². The maximum Gasteiger partial charge on any atom is 0.338 e. The van der Waals surface area contributed by atoms with Crippen molar-refractivity contribution in [1.82, 2.24) is 9.97 Å². The van der Waals surface area contributed by atoms with Crippen LogP contribution in [0.3, 0.4) is 0 Å². The number of hydrogen-bond donors (Lipinski definition) is 1. The molecule has 0 bridgehead atoms. The third-order valence-electron chi connectivity index (χ3n) is 1.75. The first kappa shape index (κ1) is 8.43. The molecule has 2 heterocycles. The maximum atomic E-state index is 10.8. The third-order valence-corrected chi connectivity index (χ3v) is 1.75. The van der Waals surface area contributed by atoms with Gasteiger partial charge in [-0.15, -0.1) is 0 Å². The van der Waals surface area contributed by atoms with Gasteiger partial charge in [-0.1, -0.05) is 0 Å². The lowest BCUT2D eigenvalue weighted by molar-refractivity contribution is 0.0697. The van der Waals surface area contributed by atoms with E-state index in [0.717, 1.165) is 0 Å². The zero-order chi connectivity index (χ0) is 9.97. The van der Waals surface area contributed by atoms with Gasteiger partial charge in [-0.05, 0) is 6.07 Å². The molecule has 5 nitrogen and oxygen atoms in total. The molecule has 14 heavy (non-hydrogen) atoms. The lowest BCUT2D eigenvalue weighted by Gasteiger charge is -1.99. The smallest absolute Gasteiger partial charge is 0.338 e. The first-order chi connectivity index (χ1) is 6.79. The Bertz CT molecular complexity index is 451. The molecule has 0 aliphatic carbocycles. The molecule has 0 aliphatic heterocycles. The number of hydrogen-bond acceptors (Lipinski definition) is 4. The Morgan fingerprint density at radius 3 is 2.86 bits per heavy atom. The Hall–Kier alpha value is -2.17. The number of nitrogens with zero attached hydrogens (tertiary/aromatic N) is 2. The second-order valence-corrected chi connectivity index (χ2v) is 2.59. The van der Waals surface area contributed by atoms with E-state index in [4.69, 9.17) is 9.52 Å². The van der Waals surface area contributed by atoms with Crippen LogP contribution in [0.25, 0.3) is 11.3 Å². The maximum absolute atomic E-state index is 10.8. The van der Waals surface area contributed by atoms with Crippen LogP contribution in [0.2, 0.25) is 0 Å². The number of rotatable bonds is 2. The van der Waals surface area contributed by atoms with Gasteiger partial charge in [0.15, 0.2) is 12.2 Å². The zero-order valence-corrected chi connectivity index (χ0v) is 7.04. The molecule has 0 fully saturated rings. The standard InChI is InChI=1S/C9H6N2O3/c12-9(13)7-3-10-2-1-6(7)8-4-11-5-14-8/h1-5H,(H,12,13). The number of oxazole rings is 1. The van der Waals surface area contributed by atoms with Crippen molar-refractivity contribution in [2.45, 2.75) is 0 Å². The van der Waals surface area contributed by atoms with Crippen LogP contribution in [-0.4, -0.2) is 21.0 Å². The first-order valence-corrected chi connectivity index (χ1v) is 3.85. The molecule has 0 unspecified atom stereocenters. The number of carboxylic acids is 1. The van der Waals surface area contributed by atoms with E-state index < -0.39 is 5.97 Å². The summed E-state index contributed by atoms with van der Waals surface area (Å²) in [6.45, 7) is 0. The van der Waals surface area contributed by atoms with Gasteiger partial charge >= 0.3 is 5.97 Å². The molecule has 5 heteroatoms. The first-order valence-electron chi connectivity index (χ1n) is 3.85. The van der Waals surface area contributed by atoms with Crippen LogP contribution in [-0.2, 0) is 0 Å². The van der Waals surface area contributed by atoms with E-state index >= 15 is 0 Å². The van der Waals surface area contributed by atoms with E-state index in [9.17, 15) is 4.79 Å². The van der Waals surface area contributed by atoms with Crippen LogP contribution in [0, 0.1) is 0 Å². The van der Waals surface area contributed by atoms with Crippen molar-refractivity contribution < 1.29 is 14.3 Å². The van der Waals surface area contributed by atoms with Crippen LogP contribution in [0.4, 0.5) is 0 Å². The number of aromatic nitrogens is 2. The van der Waals surface area contributed by atoms with Crippen molar-refractivity contribution in [1.29, 1.82) is 0 Å². The molecule has 0 saturated heterocycles. The van der Waals surface area contributed by atoms with Gasteiger partial charge < -0.3 is 9.52 Å². The topological polar surface area (TPSA) is 76.2 Å². The van der Waals surface area contributed by atoms with Gasteiger partial charge in [0.05, 0.1) is 11.8 Å². The zero-order valence-electron chi connectivity index (χ0n) is 7.04. The summed E-state index contributed by atoms with van der Waals surface area (Å²) in [5, 5.41) is 8.86. The predicted molar refractivity (Wildman–Crippen MR) is 46.7 cm³/mol. The molecule has 0 amide bonds. The number of pyridine rings is 1. The summed E-state index contributed by atoms with van der Waals surface area (Å²) in [7, 11) is 0. The molecular formula is C9H6N2O3. The fourth-order valence-electron chi connectivity index (χ4n) is 1.13. The molecule has 2 aromatic rings. The van der Waals surface area contributed by atoms with Gasteiger partial charge in [0.1, 0.15) is 0 Å². The highest BCUT2D eigenvalue weighted by Crippen LogP contribution is 2.21. The average Bonchev–Trinajstić information content (AvgIpc) is 2.70. The number of carbonyl (C=O) groups is 1. The van der Waals surface area contributed by atoms with Crippen LogP contribution in [0.15, 0.2) is 35.5 Å². The molecule has 0 radical (unpaired) electrons. The largest absolute Gasteiger partial charge is 0.478 e. The van der Waals surface area contributed by atoms with Gasteiger partial charge in [-0.25, -0.2) is 9.78 Å². The SMILES string of the molecule is O=C(O)c1cnccc1-c1cnco1. The molecule has 1 N–H and O–H groups in total. The van der Waals surface area contributed by atoms with E-state index in [1.165, 1.54) is 25.0 Å². The predicted octanol–water partition coefficient (Wildman–Crippen LogP) is 1.43. The summed E-state index contributed by atoms with van der Waals surface area (Å²) in [6, 6.07) is 1.57. The Kier molecular flexibility index (Phi) is 1.98. The number of aromatic carboxylic acids is 1. The molecule has 0 aromatic carbocycles. The molecule has 0 saturated carbocycles. The number of carboxylic acid groups (broad SMARTS) is 1. The van der Waals surface area contributed by atoms with Gasteiger partial charge in [0.2, 0.25) is 0 Å². The summed E-state index contributed by atoms with van der Waals surface area (Å²) in [4.78, 5) is 18.3. The van der Waals surface area contributed by atoms with Gasteiger partial charge in [0, 0.05) is 18.0 Å². The van der Waals surface area contributed by atoms with E-state index in [0.29, 0.717) is 11.3 Å². The Morgan fingerprint density at radius 2 is 2.21 bits per heavy atom. The summed E-state index contributed by atoms with van der Waals surface area (Å²) in [5.74, 6) is -0.616. The van der Waals surface area contributed by atoms with Gasteiger partial charge in [0.25, 0.3) is 0 Å². The minimum atomic E-state index is -1.04. The van der Waals surface area contributed by atoms with Crippen molar-refractivity contribution >= 4 is 5.97 Å². The molecule has 0 atom stereocenters. The second kappa shape index (κ2) is 3.29. The van der Waals surface area contributed by atoms with Crippen LogP contribution in [0.5, 0.6) is 0 Å². The molecule has 2 rings (SSSR count). The van der Waals surface area contributed by atoms with Crippen molar-refractivity contribution in [2.24, 2.45) is 0 Å². The van der Waals surface area contributed by atoms with Crippen LogP contribution < -0.4 is 0 Å². The summed E-state index contributed by atoms with van der Waals surface area (Å²) >= 11 is 0. The van der Waals surface area contributed by atoms with E-state index in [1.54, 1.807) is 6.07 Å². The third kappa shape index (κ3) is 1.35. The highest BCUT2D eigenvalue weighted by molar-refractivity contribution is 5.94. The Morgan fingerprint density at radius 1 is 1.36 bits per heavy atom. The fourth-order valence-corrected chi connectivity index (χ4v) is 1.13. The molecule has 2 aromatic heterocycles. The van der Waals surface area contributed by atoms with Crippen molar-refractivity contribution in [3.8, 4) is 11.3 Å². The lowest BCUT2D eigenvalue weighted by Crippen LogP contribution is -1.99. The van der Waals surface area contributed by atoms with E-state index in [-0.39, 0.29) is 5.56 Å². The monoisotopic (exact) mass is 190 g/mol. The minimum absolute atomic E-state index is 0.101. The quantitative estimate of drug-likeness (QED) is 0.775. The van der Waals surface area contributed by atoms with Crippen LogP contribution in [0.1, 0.15) is 10.4 Å². The average molecular weight is 190 g/mol. The van der Waals surface area contributed by atoms with Gasteiger partial charge in [-0.2, -0.15) is 0 Å².